The Labute approximate surface area is 125 Å². The van der Waals surface area contributed by atoms with Gasteiger partial charge in [0, 0.05) is 21.7 Å². The first kappa shape index (κ1) is 16.5. The molecule has 0 aliphatic heterocycles. The Morgan fingerprint density at radius 3 is 2.79 bits per heavy atom. The monoisotopic (exact) mass is 302 g/mol. The molecule has 2 atom stereocenters. The van der Waals surface area contributed by atoms with E-state index in [4.69, 9.17) is 5.73 Å². The molecular weight excluding hydrogens is 280 g/mol. The molecule has 0 spiro atoms. The number of carbonyl (C=O) groups excluding carboxylic acids is 1. The van der Waals surface area contributed by atoms with Gasteiger partial charge in [-0.3, -0.25) is 4.79 Å². The van der Waals surface area contributed by atoms with Gasteiger partial charge in [-0.15, -0.1) is 23.7 Å². The Morgan fingerprint density at radius 2 is 2.16 bits per heavy atom. The highest BCUT2D eigenvalue weighted by Crippen LogP contribution is 2.23. The molecule has 5 heteroatoms. The van der Waals surface area contributed by atoms with Crippen LogP contribution in [-0.2, 0) is 17.8 Å². The number of aryl methyl sites for hydroxylation is 1. The predicted molar refractivity (Wildman–Crippen MR) is 82.7 cm³/mol. The van der Waals surface area contributed by atoms with Crippen molar-refractivity contribution in [2.45, 2.75) is 51.6 Å². The van der Waals surface area contributed by atoms with E-state index >= 15 is 0 Å². The van der Waals surface area contributed by atoms with Gasteiger partial charge in [-0.2, -0.15) is 0 Å². The van der Waals surface area contributed by atoms with Gasteiger partial charge in [-0.25, -0.2) is 0 Å². The lowest BCUT2D eigenvalue weighted by atomic mass is 9.85. The maximum Gasteiger partial charge on any atom is 0.223 e. The van der Waals surface area contributed by atoms with E-state index in [2.05, 4.69) is 24.4 Å². The first-order valence-electron chi connectivity index (χ1n) is 6.80. The molecule has 2 unspecified atom stereocenters. The van der Waals surface area contributed by atoms with Crippen LogP contribution in [0.3, 0.4) is 0 Å². The van der Waals surface area contributed by atoms with Crippen molar-refractivity contribution in [2.24, 2.45) is 11.7 Å². The van der Waals surface area contributed by atoms with Gasteiger partial charge in [-0.05, 0) is 37.8 Å². The van der Waals surface area contributed by atoms with Crippen molar-refractivity contribution in [3.63, 3.8) is 0 Å². The van der Waals surface area contributed by atoms with Crippen molar-refractivity contribution in [3.05, 3.63) is 21.9 Å². The fourth-order valence-electron chi connectivity index (χ4n) is 2.49. The molecule has 0 bridgehead atoms. The molecule has 1 saturated carbocycles. The average Bonchev–Trinajstić information content (AvgIpc) is 2.84. The summed E-state index contributed by atoms with van der Waals surface area (Å²) in [6.07, 6.45) is 5.05. The molecule has 0 radical (unpaired) electrons. The zero-order valence-corrected chi connectivity index (χ0v) is 13.0. The molecule has 1 fully saturated rings. The minimum atomic E-state index is 0. The number of nitrogens with two attached hydrogens (primary N) is 1. The van der Waals surface area contributed by atoms with Crippen molar-refractivity contribution in [2.75, 3.05) is 0 Å². The smallest absolute Gasteiger partial charge is 0.223 e. The molecule has 1 aromatic heterocycles. The molecule has 0 aromatic carbocycles. The summed E-state index contributed by atoms with van der Waals surface area (Å²) in [7, 11) is 0. The van der Waals surface area contributed by atoms with Crippen molar-refractivity contribution in [1.82, 2.24) is 5.32 Å². The normalized spacial score (nSPS) is 22.6. The second-order valence-electron chi connectivity index (χ2n) is 5.06. The number of carbonyl (C=O) groups is 1. The van der Waals surface area contributed by atoms with E-state index in [9.17, 15) is 4.79 Å². The zero-order chi connectivity index (χ0) is 13.0. The molecule has 1 amide bonds. The van der Waals surface area contributed by atoms with E-state index in [1.807, 2.05) is 0 Å². The number of halogens is 1. The molecule has 1 aromatic rings. The highest BCUT2D eigenvalue weighted by Gasteiger charge is 2.24. The quantitative estimate of drug-likeness (QED) is 0.898. The number of hydrogen-bond acceptors (Lipinski definition) is 3. The summed E-state index contributed by atoms with van der Waals surface area (Å²) in [5.41, 5.74) is 5.91. The van der Waals surface area contributed by atoms with Crippen molar-refractivity contribution in [1.29, 1.82) is 0 Å². The van der Waals surface area contributed by atoms with Crippen molar-refractivity contribution in [3.8, 4) is 0 Å². The summed E-state index contributed by atoms with van der Waals surface area (Å²) >= 11 is 1.78. The molecule has 108 valence electrons. The van der Waals surface area contributed by atoms with Crippen LogP contribution in [0.4, 0.5) is 0 Å². The van der Waals surface area contributed by atoms with Crippen LogP contribution in [0, 0.1) is 5.92 Å². The molecule has 1 aliphatic carbocycles. The van der Waals surface area contributed by atoms with Gasteiger partial charge < -0.3 is 11.1 Å². The first-order chi connectivity index (χ1) is 8.69. The van der Waals surface area contributed by atoms with Gasteiger partial charge >= 0.3 is 0 Å². The lowest BCUT2D eigenvalue weighted by molar-refractivity contribution is -0.126. The van der Waals surface area contributed by atoms with Crippen molar-refractivity contribution < 1.29 is 4.79 Å². The summed E-state index contributed by atoms with van der Waals surface area (Å²) in [4.78, 5) is 14.6. The molecule has 2 rings (SSSR count). The second kappa shape index (κ2) is 7.88. The van der Waals surface area contributed by atoms with E-state index < -0.39 is 0 Å². The van der Waals surface area contributed by atoms with Crippen LogP contribution < -0.4 is 11.1 Å². The fraction of sp³-hybridized carbons (Fsp3) is 0.643. The summed E-state index contributed by atoms with van der Waals surface area (Å²) in [6.45, 7) is 2.81. The molecule has 19 heavy (non-hydrogen) atoms. The summed E-state index contributed by atoms with van der Waals surface area (Å²) < 4.78 is 0. The first-order valence-corrected chi connectivity index (χ1v) is 7.61. The van der Waals surface area contributed by atoms with Gasteiger partial charge in [0.2, 0.25) is 5.91 Å². The Bertz CT molecular complexity index is 408. The van der Waals surface area contributed by atoms with Crippen LogP contribution in [0.1, 0.15) is 42.4 Å². The highest BCUT2D eigenvalue weighted by atomic mass is 35.5. The van der Waals surface area contributed by atoms with Gasteiger partial charge in [0.15, 0.2) is 0 Å². The van der Waals surface area contributed by atoms with Gasteiger partial charge in [-0.1, -0.05) is 13.3 Å². The topological polar surface area (TPSA) is 55.1 Å². The lowest BCUT2D eigenvalue weighted by Crippen LogP contribution is -2.37. The van der Waals surface area contributed by atoms with E-state index in [1.165, 1.54) is 9.75 Å². The number of thiophene rings is 1. The molecule has 3 N–H and O–H groups in total. The number of nitrogens with one attached hydrogen (secondary N) is 1. The maximum atomic E-state index is 12.0. The number of rotatable bonds is 4. The van der Waals surface area contributed by atoms with Crippen LogP contribution in [-0.4, -0.2) is 11.9 Å². The largest absolute Gasteiger partial charge is 0.351 e. The van der Waals surface area contributed by atoms with E-state index in [1.54, 1.807) is 11.3 Å². The average molecular weight is 303 g/mol. The number of hydrogen-bond donors (Lipinski definition) is 2. The molecular formula is C14H23ClN2OS. The van der Waals surface area contributed by atoms with Gasteiger partial charge in [0.1, 0.15) is 0 Å². The molecule has 1 aliphatic rings. The number of amides is 1. The van der Waals surface area contributed by atoms with Gasteiger partial charge in [0.05, 0.1) is 6.54 Å². The molecule has 3 nitrogen and oxygen atoms in total. The standard InChI is InChI=1S/C14H22N2OS.ClH/c1-2-12-6-7-13(18-12)9-16-14(17)10-4-3-5-11(15)8-10;/h6-7,10-11H,2-5,8-9,15H2,1H3,(H,16,17);1H. The van der Waals surface area contributed by atoms with Crippen LogP contribution in [0.15, 0.2) is 12.1 Å². The minimum Gasteiger partial charge on any atom is -0.351 e. The molecule has 1 heterocycles. The highest BCUT2D eigenvalue weighted by molar-refractivity contribution is 7.11. The van der Waals surface area contributed by atoms with Crippen LogP contribution in [0.5, 0.6) is 0 Å². The van der Waals surface area contributed by atoms with Crippen LogP contribution in [0.2, 0.25) is 0 Å². The van der Waals surface area contributed by atoms with Crippen LogP contribution >= 0.6 is 23.7 Å². The Kier molecular flexibility index (Phi) is 6.83. The summed E-state index contributed by atoms with van der Waals surface area (Å²) in [5.74, 6) is 0.302. The Morgan fingerprint density at radius 1 is 1.42 bits per heavy atom. The second-order valence-corrected chi connectivity index (χ2v) is 6.32. The third-order valence-electron chi connectivity index (χ3n) is 3.59. The minimum absolute atomic E-state index is 0. The van der Waals surface area contributed by atoms with Crippen molar-refractivity contribution >= 4 is 29.7 Å². The zero-order valence-electron chi connectivity index (χ0n) is 11.4. The third kappa shape index (κ3) is 4.79. The molecule has 0 saturated heterocycles. The fourth-order valence-corrected chi connectivity index (χ4v) is 3.39. The van der Waals surface area contributed by atoms with E-state index in [0.717, 1.165) is 32.1 Å². The van der Waals surface area contributed by atoms with E-state index in [-0.39, 0.29) is 30.3 Å². The maximum absolute atomic E-state index is 12.0. The predicted octanol–water partition coefficient (Wildman–Crippen LogP) is 2.87. The SMILES string of the molecule is CCc1ccc(CNC(=O)C2CCCC(N)C2)s1.Cl. The third-order valence-corrected chi connectivity index (χ3v) is 4.82. The Hall–Kier alpha value is -0.580. The summed E-state index contributed by atoms with van der Waals surface area (Å²) in [6, 6.07) is 4.46. The lowest BCUT2D eigenvalue weighted by Gasteiger charge is -2.25. The van der Waals surface area contributed by atoms with E-state index in [0.29, 0.717) is 6.54 Å². The van der Waals surface area contributed by atoms with Crippen LogP contribution in [0.25, 0.3) is 0 Å². The van der Waals surface area contributed by atoms with Gasteiger partial charge in [0.25, 0.3) is 0 Å². The summed E-state index contributed by atoms with van der Waals surface area (Å²) in [5, 5.41) is 3.04. The Balaban J connectivity index is 0.00000180.